The Labute approximate surface area is 131 Å². The minimum absolute atomic E-state index is 0.765. The van der Waals surface area contributed by atoms with Crippen molar-refractivity contribution in [3.8, 4) is 5.75 Å². The van der Waals surface area contributed by atoms with Gasteiger partial charge in [0.15, 0.2) is 0 Å². The first-order chi connectivity index (χ1) is 10.3. The van der Waals surface area contributed by atoms with Gasteiger partial charge >= 0.3 is 0 Å². The topological polar surface area (TPSA) is 21.3 Å². The lowest BCUT2D eigenvalue weighted by Gasteiger charge is -2.12. The van der Waals surface area contributed by atoms with Crippen LogP contribution in [0.15, 0.2) is 36.4 Å². The van der Waals surface area contributed by atoms with Crippen molar-refractivity contribution in [1.29, 1.82) is 0 Å². The van der Waals surface area contributed by atoms with Crippen LogP contribution in [0, 0.1) is 0 Å². The number of nitrogens with one attached hydrogen (secondary N) is 1. The Bertz CT molecular complexity index is 639. The van der Waals surface area contributed by atoms with E-state index in [1.807, 2.05) is 12.1 Å². The molecule has 0 bridgehead atoms. The van der Waals surface area contributed by atoms with Crippen LogP contribution in [-0.4, -0.2) is 6.61 Å². The SMILES string of the molecule is CCc1ccccc1CNCc1cc(Cl)cc2c1OCC2. The molecular formula is C18H20ClNO. The Morgan fingerprint density at radius 2 is 1.86 bits per heavy atom. The standard InChI is InChI=1S/C18H20ClNO/c1-2-13-5-3-4-6-15(13)11-20-12-16-10-17(19)9-14-7-8-21-18(14)16/h3-6,9-10,20H,2,7-8,11-12H2,1H3. The molecular weight excluding hydrogens is 282 g/mol. The minimum Gasteiger partial charge on any atom is -0.493 e. The van der Waals surface area contributed by atoms with Crippen LogP contribution in [0.4, 0.5) is 0 Å². The number of hydrogen-bond acceptors (Lipinski definition) is 2. The fraction of sp³-hybridized carbons (Fsp3) is 0.333. The van der Waals surface area contributed by atoms with E-state index in [-0.39, 0.29) is 0 Å². The van der Waals surface area contributed by atoms with E-state index in [4.69, 9.17) is 16.3 Å². The molecule has 110 valence electrons. The van der Waals surface area contributed by atoms with Crippen molar-refractivity contribution in [1.82, 2.24) is 5.32 Å². The summed E-state index contributed by atoms with van der Waals surface area (Å²) >= 11 is 6.19. The first kappa shape index (κ1) is 14.4. The van der Waals surface area contributed by atoms with Crippen molar-refractivity contribution in [3.05, 3.63) is 63.7 Å². The quantitative estimate of drug-likeness (QED) is 0.896. The molecule has 1 heterocycles. The Morgan fingerprint density at radius 1 is 1.10 bits per heavy atom. The molecule has 3 rings (SSSR count). The van der Waals surface area contributed by atoms with Gasteiger partial charge in [-0.2, -0.15) is 0 Å². The fourth-order valence-corrected chi connectivity index (χ4v) is 3.15. The maximum Gasteiger partial charge on any atom is 0.127 e. The molecule has 0 saturated carbocycles. The number of halogens is 1. The molecule has 1 aliphatic rings. The van der Waals surface area contributed by atoms with Crippen LogP contribution in [0.1, 0.15) is 29.2 Å². The zero-order valence-corrected chi connectivity index (χ0v) is 13.0. The molecule has 0 unspecified atom stereocenters. The molecule has 1 N–H and O–H groups in total. The van der Waals surface area contributed by atoms with Gasteiger partial charge in [0.05, 0.1) is 6.61 Å². The summed E-state index contributed by atoms with van der Waals surface area (Å²) in [6, 6.07) is 12.6. The van der Waals surface area contributed by atoms with E-state index in [9.17, 15) is 0 Å². The first-order valence-corrected chi connectivity index (χ1v) is 7.87. The first-order valence-electron chi connectivity index (χ1n) is 7.49. The number of hydrogen-bond donors (Lipinski definition) is 1. The number of benzene rings is 2. The van der Waals surface area contributed by atoms with E-state index in [0.29, 0.717) is 0 Å². The molecule has 2 aromatic carbocycles. The van der Waals surface area contributed by atoms with Crippen molar-refractivity contribution in [2.75, 3.05) is 6.61 Å². The lowest BCUT2D eigenvalue weighted by molar-refractivity contribution is 0.352. The molecule has 0 aromatic heterocycles. The highest BCUT2D eigenvalue weighted by Crippen LogP contribution is 2.32. The van der Waals surface area contributed by atoms with Gasteiger partial charge < -0.3 is 10.1 Å². The zero-order valence-electron chi connectivity index (χ0n) is 12.3. The van der Waals surface area contributed by atoms with Crippen LogP contribution in [0.25, 0.3) is 0 Å². The summed E-state index contributed by atoms with van der Waals surface area (Å²) in [4.78, 5) is 0. The van der Waals surface area contributed by atoms with Crippen LogP contribution in [-0.2, 0) is 25.9 Å². The van der Waals surface area contributed by atoms with Crippen molar-refractivity contribution < 1.29 is 4.74 Å². The molecule has 0 radical (unpaired) electrons. The molecule has 0 spiro atoms. The number of ether oxygens (including phenoxy) is 1. The summed E-state index contributed by atoms with van der Waals surface area (Å²) in [7, 11) is 0. The molecule has 21 heavy (non-hydrogen) atoms. The second-order valence-corrected chi connectivity index (χ2v) is 5.81. The lowest BCUT2D eigenvalue weighted by Crippen LogP contribution is -2.14. The highest BCUT2D eigenvalue weighted by Gasteiger charge is 2.17. The normalized spacial score (nSPS) is 13.0. The van der Waals surface area contributed by atoms with Gasteiger partial charge in [0, 0.05) is 30.1 Å². The Hall–Kier alpha value is -1.51. The highest BCUT2D eigenvalue weighted by molar-refractivity contribution is 6.30. The minimum atomic E-state index is 0.765. The van der Waals surface area contributed by atoms with E-state index in [2.05, 4.69) is 36.5 Å². The molecule has 0 fully saturated rings. The van der Waals surface area contributed by atoms with Crippen molar-refractivity contribution in [2.45, 2.75) is 32.9 Å². The van der Waals surface area contributed by atoms with Gasteiger partial charge in [-0.3, -0.25) is 0 Å². The smallest absolute Gasteiger partial charge is 0.127 e. The number of aryl methyl sites for hydroxylation is 1. The molecule has 0 saturated heterocycles. The predicted molar refractivity (Wildman–Crippen MR) is 87.0 cm³/mol. The summed E-state index contributed by atoms with van der Waals surface area (Å²) in [6.07, 6.45) is 2.02. The molecule has 3 heteroatoms. The highest BCUT2D eigenvalue weighted by atomic mass is 35.5. The van der Waals surface area contributed by atoms with Crippen molar-refractivity contribution in [2.24, 2.45) is 0 Å². The van der Waals surface area contributed by atoms with Crippen molar-refractivity contribution >= 4 is 11.6 Å². The van der Waals surface area contributed by atoms with Gasteiger partial charge in [0.25, 0.3) is 0 Å². The molecule has 1 aliphatic heterocycles. The second kappa shape index (κ2) is 6.50. The van der Waals surface area contributed by atoms with E-state index >= 15 is 0 Å². The number of rotatable bonds is 5. The lowest BCUT2D eigenvalue weighted by atomic mass is 10.0. The van der Waals surface area contributed by atoms with Crippen LogP contribution >= 0.6 is 11.6 Å². The Balaban J connectivity index is 1.69. The van der Waals surface area contributed by atoms with Gasteiger partial charge in [-0.25, -0.2) is 0 Å². The van der Waals surface area contributed by atoms with Crippen LogP contribution in [0.2, 0.25) is 5.02 Å². The monoisotopic (exact) mass is 301 g/mol. The summed E-state index contributed by atoms with van der Waals surface area (Å²) in [5, 5.41) is 4.31. The summed E-state index contributed by atoms with van der Waals surface area (Å²) in [5.74, 6) is 1.02. The van der Waals surface area contributed by atoms with E-state index in [1.165, 1.54) is 16.7 Å². The molecule has 2 nitrogen and oxygen atoms in total. The third-order valence-electron chi connectivity index (χ3n) is 3.96. The van der Waals surface area contributed by atoms with Gasteiger partial charge in [0.2, 0.25) is 0 Å². The largest absolute Gasteiger partial charge is 0.493 e. The van der Waals surface area contributed by atoms with Crippen molar-refractivity contribution in [3.63, 3.8) is 0 Å². The molecule has 0 aliphatic carbocycles. The molecule has 0 atom stereocenters. The van der Waals surface area contributed by atoms with Gasteiger partial charge in [-0.15, -0.1) is 0 Å². The summed E-state index contributed by atoms with van der Waals surface area (Å²) in [5.41, 5.74) is 5.15. The van der Waals surface area contributed by atoms with E-state index in [0.717, 1.165) is 48.9 Å². The maximum absolute atomic E-state index is 6.19. The third-order valence-corrected chi connectivity index (χ3v) is 4.17. The summed E-state index contributed by atoms with van der Waals surface area (Å²) in [6.45, 7) is 4.60. The molecule has 2 aromatic rings. The van der Waals surface area contributed by atoms with E-state index in [1.54, 1.807) is 0 Å². The zero-order chi connectivity index (χ0) is 14.7. The average molecular weight is 302 g/mol. The van der Waals surface area contributed by atoms with Crippen LogP contribution < -0.4 is 10.1 Å². The van der Waals surface area contributed by atoms with Gasteiger partial charge in [-0.1, -0.05) is 42.8 Å². The number of fused-ring (bicyclic) bond motifs is 1. The maximum atomic E-state index is 6.19. The Morgan fingerprint density at radius 3 is 2.67 bits per heavy atom. The second-order valence-electron chi connectivity index (χ2n) is 5.38. The third kappa shape index (κ3) is 3.22. The fourth-order valence-electron chi connectivity index (χ4n) is 2.88. The average Bonchev–Trinajstić information content (AvgIpc) is 2.96. The van der Waals surface area contributed by atoms with Crippen LogP contribution in [0.3, 0.4) is 0 Å². The Kier molecular flexibility index (Phi) is 4.47. The van der Waals surface area contributed by atoms with Gasteiger partial charge in [0.1, 0.15) is 5.75 Å². The molecule has 0 amide bonds. The van der Waals surface area contributed by atoms with E-state index < -0.39 is 0 Å². The predicted octanol–water partition coefficient (Wildman–Crippen LogP) is 4.13. The summed E-state index contributed by atoms with van der Waals surface area (Å²) < 4.78 is 5.73. The van der Waals surface area contributed by atoms with Crippen LogP contribution in [0.5, 0.6) is 5.75 Å². The van der Waals surface area contributed by atoms with Gasteiger partial charge in [-0.05, 0) is 35.2 Å².